The minimum absolute atomic E-state index is 0.0543. The minimum Gasteiger partial charge on any atom is -0.396 e. The summed E-state index contributed by atoms with van der Waals surface area (Å²) in [4.78, 5) is 13.6. The van der Waals surface area contributed by atoms with Crippen LogP contribution in [0.15, 0.2) is 18.2 Å². The number of aromatic amines is 1. The van der Waals surface area contributed by atoms with Gasteiger partial charge in [-0.05, 0) is 25.1 Å². The molecule has 1 aliphatic rings. The second kappa shape index (κ2) is 4.10. The Hall–Kier alpha value is -1.88. The van der Waals surface area contributed by atoms with E-state index < -0.39 is 0 Å². The van der Waals surface area contributed by atoms with Crippen LogP contribution in [0.25, 0.3) is 10.9 Å². The molecule has 1 amide bonds. The van der Waals surface area contributed by atoms with Crippen LogP contribution in [0, 0.1) is 12.8 Å². The van der Waals surface area contributed by atoms with Gasteiger partial charge in [0.05, 0.1) is 5.52 Å². The number of carbonyl (C=O) groups is 1. The second-order valence-corrected chi connectivity index (χ2v) is 4.81. The molecule has 0 radical (unpaired) electrons. The number of carbonyl (C=O) groups excluding carboxylic acids is 1. The van der Waals surface area contributed by atoms with Gasteiger partial charge in [0.2, 0.25) is 5.91 Å². The number of aryl methyl sites for hydroxylation is 1. The summed E-state index contributed by atoms with van der Waals surface area (Å²) >= 11 is 0. The maximum absolute atomic E-state index is 11.9. The number of H-pyrrole nitrogens is 1. The molecule has 18 heavy (non-hydrogen) atoms. The number of nitrogens with zero attached hydrogens (tertiary/aromatic N) is 2. The number of aliphatic hydroxyl groups excluding tert-OH is 1. The lowest BCUT2D eigenvalue weighted by Gasteiger charge is -2.16. The van der Waals surface area contributed by atoms with Gasteiger partial charge in [0.15, 0.2) is 0 Å². The molecule has 1 aromatic carbocycles. The summed E-state index contributed by atoms with van der Waals surface area (Å²) in [6.45, 7) is 2.62. The van der Waals surface area contributed by atoms with Crippen molar-refractivity contribution in [2.75, 3.05) is 18.1 Å². The van der Waals surface area contributed by atoms with Gasteiger partial charge in [-0.25, -0.2) is 0 Å². The van der Waals surface area contributed by atoms with Crippen molar-refractivity contribution in [3.05, 3.63) is 23.9 Å². The van der Waals surface area contributed by atoms with Crippen molar-refractivity contribution in [3.63, 3.8) is 0 Å². The topological polar surface area (TPSA) is 69.2 Å². The van der Waals surface area contributed by atoms with Crippen LogP contribution < -0.4 is 4.90 Å². The summed E-state index contributed by atoms with van der Waals surface area (Å²) in [6, 6.07) is 5.79. The van der Waals surface area contributed by atoms with Crippen molar-refractivity contribution >= 4 is 22.5 Å². The molecule has 1 unspecified atom stereocenters. The van der Waals surface area contributed by atoms with Gasteiger partial charge in [-0.1, -0.05) is 0 Å². The highest BCUT2D eigenvalue weighted by molar-refractivity contribution is 5.98. The Morgan fingerprint density at radius 1 is 1.56 bits per heavy atom. The van der Waals surface area contributed by atoms with Crippen molar-refractivity contribution in [2.45, 2.75) is 13.3 Å². The number of anilines is 1. The van der Waals surface area contributed by atoms with Crippen molar-refractivity contribution in [2.24, 2.45) is 5.92 Å². The van der Waals surface area contributed by atoms with E-state index in [1.165, 1.54) is 0 Å². The fourth-order valence-electron chi connectivity index (χ4n) is 2.45. The molecule has 1 aliphatic heterocycles. The lowest BCUT2D eigenvalue weighted by Crippen LogP contribution is -2.24. The first-order chi connectivity index (χ1) is 8.69. The largest absolute Gasteiger partial charge is 0.396 e. The first-order valence-electron chi connectivity index (χ1n) is 6.05. The van der Waals surface area contributed by atoms with Crippen molar-refractivity contribution in [1.29, 1.82) is 0 Å². The maximum Gasteiger partial charge on any atom is 0.227 e. The standard InChI is InChI=1S/C13H15N3O2/c1-8-11-5-10(2-3-12(11)15-14-8)16-6-9(7-17)4-13(16)18/h2-3,5,9,17H,4,6-7H2,1H3,(H,14,15). The number of hydrogen-bond acceptors (Lipinski definition) is 3. The highest BCUT2D eigenvalue weighted by atomic mass is 16.3. The van der Waals surface area contributed by atoms with Crippen LogP contribution in [-0.2, 0) is 4.79 Å². The Kier molecular flexibility index (Phi) is 2.56. The molecular weight excluding hydrogens is 230 g/mol. The average Bonchev–Trinajstić information content (AvgIpc) is 2.93. The van der Waals surface area contributed by atoms with Crippen LogP contribution in [0.5, 0.6) is 0 Å². The van der Waals surface area contributed by atoms with E-state index in [2.05, 4.69) is 10.2 Å². The van der Waals surface area contributed by atoms with E-state index in [9.17, 15) is 4.79 Å². The zero-order valence-corrected chi connectivity index (χ0v) is 10.2. The van der Waals surface area contributed by atoms with Crippen LogP contribution in [0.3, 0.4) is 0 Å². The molecule has 0 spiro atoms. The molecule has 94 valence electrons. The van der Waals surface area contributed by atoms with Gasteiger partial charge < -0.3 is 10.0 Å². The Balaban J connectivity index is 1.99. The van der Waals surface area contributed by atoms with Gasteiger partial charge in [0.25, 0.3) is 0 Å². The third kappa shape index (κ3) is 1.67. The predicted octanol–water partition coefficient (Wildman–Crippen LogP) is 1.22. The summed E-state index contributed by atoms with van der Waals surface area (Å²) in [6.07, 6.45) is 0.429. The van der Waals surface area contributed by atoms with E-state index in [0.717, 1.165) is 22.3 Å². The molecule has 2 N–H and O–H groups in total. The molecule has 5 heteroatoms. The highest BCUT2D eigenvalue weighted by Gasteiger charge is 2.30. The maximum atomic E-state index is 11.9. The van der Waals surface area contributed by atoms with E-state index in [0.29, 0.717) is 13.0 Å². The van der Waals surface area contributed by atoms with E-state index in [1.54, 1.807) is 4.90 Å². The van der Waals surface area contributed by atoms with Gasteiger partial charge in [-0.3, -0.25) is 9.89 Å². The van der Waals surface area contributed by atoms with E-state index in [4.69, 9.17) is 5.11 Å². The first-order valence-corrected chi connectivity index (χ1v) is 6.05. The number of hydrogen-bond donors (Lipinski definition) is 2. The molecule has 5 nitrogen and oxygen atoms in total. The molecule has 0 bridgehead atoms. The van der Waals surface area contributed by atoms with Crippen LogP contribution >= 0.6 is 0 Å². The van der Waals surface area contributed by atoms with E-state index in [-0.39, 0.29) is 18.4 Å². The number of nitrogens with one attached hydrogen (secondary N) is 1. The first kappa shape index (κ1) is 11.2. The van der Waals surface area contributed by atoms with Crippen LogP contribution in [0.1, 0.15) is 12.1 Å². The minimum atomic E-state index is 0.0543. The zero-order chi connectivity index (χ0) is 12.7. The zero-order valence-electron chi connectivity index (χ0n) is 10.2. The molecule has 0 aliphatic carbocycles. The predicted molar refractivity (Wildman–Crippen MR) is 68.4 cm³/mol. The molecular formula is C13H15N3O2. The van der Waals surface area contributed by atoms with Crippen molar-refractivity contribution in [1.82, 2.24) is 10.2 Å². The van der Waals surface area contributed by atoms with Gasteiger partial charge in [-0.15, -0.1) is 0 Å². The lowest BCUT2D eigenvalue weighted by atomic mass is 10.1. The monoisotopic (exact) mass is 245 g/mol. The highest BCUT2D eigenvalue weighted by Crippen LogP contribution is 2.28. The van der Waals surface area contributed by atoms with Crippen molar-refractivity contribution < 1.29 is 9.90 Å². The Labute approximate surface area is 104 Å². The Bertz CT molecular complexity index is 605. The van der Waals surface area contributed by atoms with Gasteiger partial charge >= 0.3 is 0 Å². The van der Waals surface area contributed by atoms with Gasteiger partial charge in [0.1, 0.15) is 0 Å². The molecule has 1 aromatic heterocycles. The smallest absolute Gasteiger partial charge is 0.227 e. The SMILES string of the molecule is Cc1[nH]nc2ccc(N3CC(CO)CC3=O)cc12. The van der Waals surface area contributed by atoms with Crippen LogP contribution in [0.2, 0.25) is 0 Å². The molecule has 1 atom stereocenters. The number of aromatic nitrogens is 2. The normalized spacial score (nSPS) is 20.0. The molecule has 1 saturated heterocycles. The quantitative estimate of drug-likeness (QED) is 0.835. The van der Waals surface area contributed by atoms with Crippen LogP contribution in [-0.4, -0.2) is 34.4 Å². The fraction of sp³-hybridized carbons (Fsp3) is 0.385. The van der Waals surface area contributed by atoms with Crippen molar-refractivity contribution in [3.8, 4) is 0 Å². The summed E-state index contributed by atoms with van der Waals surface area (Å²) in [7, 11) is 0. The molecule has 1 fully saturated rings. The fourth-order valence-corrected chi connectivity index (χ4v) is 2.45. The number of aliphatic hydroxyl groups is 1. The second-order valence-electron chi connectivity index (χ2n) is 4.81. The Morgan fingerprint density at radius 3 is 3.11 bits per heavy atom. The summed E-state index contributed by atoms with van der Waals surface area (Å²) in [5.41, 5.74) is 2.78. The number of rotatable bonds is 2. The molecule has 0 saturated carbocycles. The Morgan fingerprint density at radius 2 is 2.39 bits per heavy atom. The summed E-state index contributed by atoms with van der Waals surface area (Å²) < 4.78 is 0. The third-order valence-corrected chi connectivity index (χ3v) is 3.50. The molecule has 2 heterocycles. The molecule has 3 rings (SSSR count). The number of fused-ring (bicyclic) bond motifs is 1. The average molecular weight is 245 g/mol. The van der Waals surface area contributed by atoms with Crippen LogP contribution in [0.4, 0.5) is 5.69 Å². The number of benzene rings is 1. The van der Waals surface area contributed by atoms with E-state index >= 15 is 0 Å². The summed E-state index contributed by atoms with van der Waals surface area (Å²) in [5, 5.41) is 17.3. The summed E-state index contributed by atoms with van der Waals surface area (Å²) in [5.74, 6) is 0.133. The molecule has 2 aromatic rings. The third-order valence-electron chi connectivity index (χ3n) is 3.50. The number of amides is 1. The van der Waals surface area contributed by atoms with Gasteiger partial charge in [0, 0.05) is 42.3 Å². The lowest BCUT2D eigenvalue weighted by molar-refractivity contribution is -0.117. The van der Waals surface area contributed by atoms with Gasteiger partial charge in [-0.2, -0.15) is 5.10 Å². The van der Waals surface area contributed by atoms with E-state index in [1.807, 2.05) is 25.1 Å².